The number of sulfone groups is 1. The highest BCUT2D eigenvalue weighted by Crippen LogP contribution is 2.27. The summed E-state index contributed by atoms with van der Waals surface area (Å²) in [4.78, 5) is 16.4. The minimum Gasteiger partial charge on any atom is -0.338 e. The second kappa shape index (κ2) is 7.59. The molecule has 2 aromatic heterocycles. The monoisotopic (exact) mass is 407 g/mol. The van der Waals surface area contributed by atoms with E-state index in [4.69, 9.17) is 0 Å². The second-order valence-electron chi connectivity index (χ2n) is 7.13. The number of aromatic nitrogens is 2. The zero-order chi connectivity index (χ0) is 19.8. The Morgan fingerprint density at radius 2 is 2.11 bits per heavy atom. The van der Waals surface area contributed by atoms with Crippen LogP contribution >= 0.6 is 11.3 Å². The highest BCUT2D eigenvalue weighted by atomic mass is 32.2. The molecule has 0 saturated carbocycles. The molecule has 0 aromatic carbocycles. The van der Waals surface area contributed by atoms with Gasteiger partial charge in [0.2, 0.25) is 5.91 Å². The van der Waals surface area contributed by atoms with Gasteiger partial charge in [0.15, 0.2) is 9.84 Å². The Morgan fingerprint density at radius 1 is 1.37 bits per heavy atom. The number of aryl methyl sites for hydroxylation is 2. The Morgan fingerprint density at radius 3 is 2.70 bits per heavy atom. The van der Waals surface area contributed by atoms with E-state index in [1.54, 1.807) is 29.4 Å². The SMILES string of the molecule is Cc1ccc(/C=C/C(=O)N(C)Cc2c(C)nn([C@H]3CCS(=O)(=O)C3)c2C)s1. The number of rotatable bonds is 5. The van der Waals surface area contributed by atoms with E-state index in [9.17, 15) is 13.2 Å². The summed E-state index contributed by atoms with van der Waals surface area (Å²) >= 11 is 1.65. The van der Waals surface area contributed by atoms with Crippen LogP contribution in [0.15, 0.2) is 18.2 Å². The molecule has 2 aromatic rings. The fourth-order valence-electron chi connectivity index (χ4n) is 3.39. The standard InChI is InChI=1S/C19H25N3O3S2/c1-13-5-6-17(26-13)7-8-19(23)21(4)11-18-14(2)20-22(15(18)3)16-9-10-27(24,25)12-16/h5-8,16H,9-12H2,1-4H3/b8-7+/t16-/m0/s1. The van der Waals surface area contributed by atoms with Crippen LogP contribution < -0.4 is 0 Å². The second-order valence-corrected chi connectivity index (χ2v) is 10.7. The van der Waals surface area contributed by atoms with Gasteiger partial charge in [-0.15, -0.1) is 11.3 Å². The molecule has 6 nitrogen and oxygen atoms in total. The van der Waals surface area contributed by atoms with Crippen molar-refractivity contribution < 1.29 is 13.2 Å². The molecule has 1 amide bonds. The van der Waals surface area contributed by atoms with E-state index in [0.717, 1.165) is 21.8 Å². The molecule has 1 aliphatic heterocycles. The predicted octanol–water partition coefficient (Wildman–Crippen LogP) is 2.90. The lowest BCUT2D eigenvalue weighted by Crippen LogP contribution is -2.24. The van der Waals surface area contributed by atoms with E-state index in [1.807, 2.05) is 43.7 Å². The number of hydrogen-bond donors (Lipinski definition) is 0. The molecule has 0 radical (unpaired) electrons. The lowest BCUT2D eigenvalue weighted by atomic mass is 10.1. The molecule has 1 fully saturated rings. The van der Waals surface area contributed by atoms with Crippen molar-refractivity contribution in [3.05, 3.63) is 44.9 Å². The molecule has 0 unspecified atom stereocenters. The zero-order valence-corrected chi connectivity index (χ0v) is 17.7. The first-order valence-corrected chi connectivity index (χ1v) is 11.5. The van der Waals surface area contributed by atoms with Crippen molar-refractivity contribution in [2.75, 3.05) is 18.6 Å². The van der Waals surface area contributed by atoms with E-state index >= 15 is 0 Å². The van der Waals surface area contributed by atoms with Gasteiger partial charge in [-0.2, -0.15) is 5.10 Å². The maximum Gasteiger partial charge on any atom is 0.246 e. The molecule has 0 aliphatic carbocycles. The summed E-state index contributed by atoms with van der Waals surface area (Å²) in [6, 6.07) is 3.92. The van der Waals surface area contributed by atoms with Gasteiger partial charge >= 0.3 is 0 Å². The van der Waals surface area contributed by atoms with E-state index < -0.39 is 9.84 Å². The summed E-state index contributed by atoms with van der Waals surface area (Å²) in [6.07, 6.45) is 4.02. The van der Waals surface area contributed by atoms with E-state index in [1.165, 1.54) is 4.88 Å². The van der Waals surface area contributed by atoms with Gasteiger partial charge in [0.05, 0.1) is 23.2 Å². The van der Waals surface area contributed by atoms with Gasteiger partial charge in [-0.25, -0.2) is 8.42 Å². The van der Waals surface area contributed by atoms with Gasteiger partial charge in [-0.1, -0.05) is 0 Å². The molecule has 1 saturated heterocycles. The van der Waals surface area contributed by atoms with Crippen LogP contribution in [0.5, 0.6) is 0 Å². The van der Waals surface area contributed by atoms with Crippen molar-refractivity contribution in [3.63, 3.8) is 0 Å². The summed E-state index contributed by atoms with van der Waals surface area (Å²) in [5, 5.41) is 4.56. The van der Waals surface area contributed by atoms with Crippen LogP contribution in [0.25, 0.3) is 6.08 Å². The quantitative estimate of drug-likeness (QED) is 0.715. The average molecular weight is 408 g/mol. The summed E-state index contributed by atoms with van der Waals surface area (Å²) < 4.78 is 25.4. The van der Waals surface area contributed by atoms with E-state index in [0.29, 0.717) is 13.0 Å². The molecular formula is C19H25N3O3S2. The summed E-state index contributed by atoms with van der Waals surface area (Å²) in [7, 11) is -1.20. The molecule has 8 heteroatoms. The van der Waals surface area contributed by atoms with Crippen molar-refractivity contribution in [2.24, 2.45) is 0 Å². The van der Waals surface area contributed by atoms with E-state index in [-0.39, 0.29) is 23.5 Å². The Hall–Kier alpha value is -1.93. The highest BCUT2D eigenvalue weighted by Gasteiger charge is 2.31. The van der Waals surface area contributed by atoms with Crippen LogP contribution in [-0.4, -0.2) is 47.6 Å². The number of amides is 1. The first-order valence-electron chi connectivity index (χ1n) is 8.91. The van der Waals surface area contributed by atoms with Crippen molar-refractivity contribution in [1.29, 1.82) is 0 Å². The zero-order valence-electron chi connectivity index (χ0n) is 16.1. The van der Waals surface area contributed by atoms with Crippen LogP contribution in [0.3, 0.4) is 0 Å². The first-order chi connectivity index (χ1) is 12.7. The third kappa shape index (κ3) is 4.50. The number of carbonyl (C=O) groups is 1. The maximum atomic E-state index is 12.4. The molecule has 146 valence electrons. The number of carbonyl (C=O) groups excluding carboxylic acids is 1. The Labute approximate surface area is 164 Å². The van der Waals surface area contributed by atoms with Crippen LogP contribution in [0.2, 0.25) is 0 Å². The van der Waals surface area contributed by atoms with Gasteiger partial charge in [-0.3, -0.25) is 9.48 Å². The van der Waals surface area contributed by atoms with Crippen molar-refractivity contribution in [3.8, 4) is 0 Å². The number of nitrogens with zero attached hydrogens (tertiary/aromatic N) is 3. The smallest absolute Gasteiger partial charge is 0.246 e. The Balaban J connectivity index is 1.71. The fourth-order valence-corrected chi connectivity index (χ4v) is 5.86. The number of thiophene rings is 1. The molecule has 3 rings (SSSR count). The minimum atomic E-state index is -2.97. The van der Waals surface area contributed by atoms with Crippen molar-refractivity contribution >= 4 is 33.2 Å². The van der Waals surface area contributed by atoms with E-state index in [2.05, 4.69) is 5.10 Å². The Kier molecular flexibility index (Phi) is 5.58. The van der Waals surface area contributed by atoms with Crippen LogP contribution in [0.1, 0.15) is 39.2 Å². The number of hydrogen-bond acceptors (Lipinski definition) is 5. The number of likely N-dealkylation sites (N-methyl/N-ethyl adjacent to an activating group) is 1. The van der Waals surface area contributed by atoms with Gasteiger partial charge in [-0.05, 0) is 45.4 Å². The average Bonchev–Trinajstić information content (AvgIpc) is 3.25. The van der Waals surface area contributed by atoms with Crippen LogP contribution in [0.4, 0.5) is 0 Å². The molecule has 1 aliphatic rings. The Bertz CT molecular complexity index is 986. The van der Waals surface area contributed by atoms with Crippen molar-refractivity contribution in [2.45, 2.75) is 39.8 Å². The highest BCUT2D eigenvalue weighted by molar-refractivity contribution is 7.91. The third-order valence-electron chi connectivity index (χ3n) is 4.95. The maximum absolute atomic E-state index is 12.4. The molecule has 1 atom stereocenters. The predicted molar refractivity (Wildman–Crippen MR) is 109 cm³/mol. The largest absolute Gasteiger partial charge is 0.338 e. The third-order valence-corrected chi connectivity index (χ3v) is 7.67. The minimum absolute atomic E-state index is 0.0731. The summed E-state index contributed by atoms with van der Waals surface area (Å²) in [6.45, 7) is 6.34. The summed E-state index contributed by atoms with van der Waals surface area (Å²) in [5.41, 5.74) is 2.76. The van der Waals surface area contributed by atoms with Crippen molar-refractivity contribution in [1.82, 2.24) is 14.7 Å². The van der Waals surface area contributed by atoms with Crippen LogP contribution in [0, 0.1) is 20.8 Å². The molecule has 3 heterocycles. The normalized spacial score (nSPS) is 19.0. The van der Waals surface area contributed by atoms with Gasteiger partial charge in [0, 0.05) is 40.7 Å². The topological polar surface area (TPSA) is 72.3 Å². The van der Waals surface area contributed by atoms with Gasteiger partial charge in [0.1, 0.15) is 0 Å². The van der Waals surface area contributed by atoms with Gasteiger partial charge in [0.25, 0.3) is 0 Å². The van der Waals surface area contributed by atoms with Crippen LogP contribution in [-0.2, 0) is 21.2 Å². The molecule has 0 spiro atoms. The summed E-state index contributed by atoms with van der Waals surface area (Å²) in [5.74, 6) is 0.291. The lowest BCUT2D eigenvalue weighted by Gasteiger charge is -2.16. The lowest BCUT2D eigenvalue weighted by molar-refractivity contribution is -0.125. The first kappa shape index (κ1) is 19.8. The molecule has 27 heavy (non-hydrogen) atoms. The fraction of sp³-hybridized carbons (Fsp3) is 0.474. The molecule has 0 bridgehead atoms. The molecular weight excluding hydrogens is 382 g/mol. The molecule has 0 N–H and O–H groups in total. The van der Waals surface area contributed by atoms with Gasteiger partial charge < -0.3 is 4.90 Å².